The zero-order valence-electron chi connectivity index (χ0n) is 16.4. The van der Waals surface area contributed by atoms with E-state index in [9.17, 15) is 22.8 Å². The molecule has 0 aromatic heterocycles. The second kappa shape index (κ2) is 8.94. The number of hydrogen-bond acceptors (Lipinski definition) is 2. The van der Waals surface area contributed by atoms with Gasteiger partial charge in [0.05, 0.1) is 5.56 Å². The SMILES string of the molecule is CC(=O)Nc1ccc(/C=C/C(=O)NCC(C)(C)c2cccc(C(F)(F)F)c2)cc1. The highest BCUT2D eigenvalue weighted by Gasteiger charge is 2.32. The van der Waals surface area contributed by atoms with E-state index in [2.05, 4.69) is 10.6 Å². The Balaban J connectivity index is 1.97. The third-order valence-corrected chi connectivity index (χ3v) is 4.33. The third kappa shape index (κ3) is 6.78. The van der Waals surface area contributed by atoms with Gasteiger partial charge in [-0.05, 0) is 35.4 Å². The Morgan fingerprint density at radius 1 is 1.00 bits per heavy atom. The molecule has 0 heterocycles. The lowest BCUT2D eigenvalue weighted by Crippen LogP contribution is -2.36. The Bertz CT molecular complexity index is 901. The van der Waals surface area contributed by atoms with Crippen LogP contribution in [0, 0.1) is 0 Å². The van der Waals surface area contributed by atoms with Crippen LogP contribution in [-0.2, 0) is 21.2 Å². The number of nitrogens with one attached hydrogen (secondary N) is 2. The van der Waals surface area contributed by atoms with Gasteiger partial charge in [-0.15, -0.1) is 0 Å². The molecule has 0 radical (unpaired) electrons. The molecule has 0 aliphatic rings. The summed E-state index contributed by atoms with van der Waals surface area (Å²) >= 11 is 0. The number of benzene rings is 2. The lowest BCUT2D eigenvalue weighted by molar-refractivity contribution is -0.137. The Hall–Kier alpha value is -3.09. The number of rotatable bonds is 6. The zero-order chi connectivity index (χ0) is 21.7. The molecule has 2 aromatic rings. The van der Waals surface area contributed by atoms with Gasteiger partial charge in [-0.3, -0.25) is 9.59 Å². The quantitative estimate of drug-likeness (QED) is 0.682. The molecule has 0 atom stereocenters. The molecule has 154 valence electrons. The first-order valence-electron chi connectivity index (χ1n) is 8.99. The van der Waals surface area contributed by atoms with Crippen LogP contribution >= 0.6 is 0 Å². The van der Waals surface area contributed by atoms with Gasteiger partial charge in [0.15, 0.2) is 0 Å². The van der Waals surface area contributed by atoms with E-state index in [1.807, 2.05) is 0 Å². The fraction of sp³-hybridized carbons (Fsp3) is 0.273. The number of hydrogen-bond donors (Lipinski definition) is 2. The molecule has 0 aliphatic heterocycles. The largest absolute Gasteiger partial charge is 0.416 e. The minimum atomic E-state index is -4.41. The first-order valence-corrected chi connectivity index (χ1v) is 8.99. The van der Waals surface area contributed by atoms with Crippen molar-refractivity contribution in [3.05, 3.63) is 71.3 Å². The van der Waals surface area contributed by atoms with Crippen molar-refractivity contribution in [2.24, 2.45) is 0 Å². The minimum absolute atomic E-state index is 0.170. The van der Waals surface area contributed by atoms with Crippen molar-refractivity contribution < 1.29 is 22.8 Å². The molecule has 0 unspecified atom stereocenters. The molecule has 2 amide bonds. The Labute approximate surface area is 167 Å². The predicted molar refractivity (Wildman–Crippen MR) is 107 cm³/mol. The molecule has 2 rings (SSSR count). The molecule has 0 saturated heterocycles. The molecule has 0 saturated carbocycles. The van der Waals surface area contributed by atoms with Crippen molar-refractivity contribution in [1.82, 2.24) is 5.32 Å². The molecule has 0 aliphatic carbocycles. The minimum Gasteiger partial charge on any atom is -0.352 e. The number of carbonyl (C=O) groups excluding carboxylic acids is 2. The van der Waals surface area contributed by atoms with Crippen LogP contribution in [-0.4, -0.2) is 18.4 Å². The molecular formula is C22H23F3N2O2. The molecule has 0 spiro atoms. The van der Waals surface area contributed by atoms with Crippen molar-refractivity contribution in [2.45, 2.75) is 32.4 Å². The monoisotopic (exact) mass is 404 g/mol. The lowest BCUT2D eigenvalue weighted by Gasteiger charge is -2.26. The van der Waals surface area contributed by atoms with Gasteiger partial charge in [0.2, 0.25) is 11.8 Å². The summed E-state index contributed by atoms with van der Waals surface area (Å²) in [7, 11) is 0. The third-order valence-electron chi connectivity index (χ3n) is 4.33. The Morgan fingerprint density at radius 2 is 1.62 bits per heavy atom. The molecule has 0 bridgehead atoms. The number of alkyl halides is 3. The lowest BCUT2D eigenvalue weighted by atomic mass is 9.83. The maximum Gasteiger partial charge on any atom is 0.416 e. The average molecular weight is 404 g/mol. The van der Waals surface area contributed by atoms with Gasteiger partial charge in [0.25, 0.3) is 0 Å². The topological polar surface area (TPSA) is 58.2 Å². The fourth-order valence-corrected chi connectivity index (χ4v) is 2.64. The van der Waals surface area contributed by atoms with Crippen molar-refractivity contribution in [1.29, 1.82) is 0 Å². The van der Waals surface area contributed by atoms with E-state index >= 15 is 0 Å². The van der Waals surface area contributed by atoms with Crippen molar-refractivity contribution in [3.63, 3.8) is 0 Å². The Morgan fingerprint density at radius 3 is 2.21 bits per heavy atom. The predicted octanol–water partition coefficient (Wildman–Crippen LogP) is 4.77. The molecule has 4 nitrogen and oxygen atoms in total. The van der Waals surface area contributed by atoms with E-state index in [1.165, 1.54) is 19.1 Å². The normalized spacial score (nSPS) is 12.1. The molecule has 2 aromatic carbocycles. The van der Waals surface area contributed by atoms with Crippen molar-refractivity contribution >= 4 is 23.6 Å². The number of anilines is 1. The van der Waals surface area contributed by atoms with Crippen LogP contribution in [0.3, 0.4) is 0 Å². The first kappa shape index (κ1) is 22.2. The highest BCUT2D eigenvalue weighted by molar-refractivity contribution is 5.92. The van der Waals surface area contributed by atoms with E-state index in [0.29, 0.717) is 11.3 Å². The van der Waals surface area contributed by atoms with Gasteiger partial charge < -0.3 is 10.6 Å². The van der Waals surface area contributed by atoms with Crippen LogP contribution in [0.5, 0.6) is 0 Å². The van der Waals surface area contributed by atoms with Crippen molar-refractivity contribution in [2.75, 3.05) is 11.9 Å². The van der Waals surface area contributed by atoms with E-state index in [0.717, 1.165) is 17.7 Å². The fourth-order valence-electron chi connectivity index (χ4n) is 2.64. The highest BCUT2D eigenvalue weighted by Crippen LogP contribution is 2.32. The van der Waals surface area contributed by atoms with E-state index in [1.54, 1.807) is 50.3 Å². The van der Waals surface area contributed by atoms with Crippen LogP contribution in [0.15, 0.2) is 54.6 Å². The first-order chi connectivity index (χ1) is 13.5. The summed E-state index contributed by atoms with van der Waals surface area (Å²) in [4.78, 5) is 23.1. The summed E-state index contributed by atoms with van der Waals surface area (Å²) in [6.07, 6.45) is -1.44. The standard InChI is InChI=1S/C22H23F3N2O2/c1-15(28)27-19-10-7-16(8-11-19)9-12-20(29)26-14-21(2,3)17-5-4-6-18(13-17)22(23,24)25/h4-13H,14H2,1-3H3,(H,26,29)(H,27,28)/b12-9+. The second-order valence-electron chi connectivity index (χ2n) is 7.32. The van der Waals surface area contributed by atoms with Crippen LogP contribution in [0.4, 0.5) is 18.9 Å². The van der Waals surface area contributed by atoms with Gasteiger partial charge in [0.1, 0.15) is 0 Å². The van der Waals surface area contributed by atoms with Gasteiger partial charge in [-0.1, -0.05) is 44.2 Å². The van der Waals surface area contributed by atoms with Crippen LogP contribution in [0.25, 0.3) is 6.08 Å². The summed E-state index contributed by atoms with van der Waals surface area (Å²) in [6.45, 7) is 5.14. The summed E-state index contributed by atoms with van der Waals surface area (Å²) in [5.41, 5.74) is 0.528. The Kier molecular flexibility index (Phi) is 6.84. The van der Waals surface area contributed by atoms with E-state index in [-0.39, 0.29) is 18.4 Å². The van der Waals surface area contributed by atoms with Gasteiger partial charge >= 0.3 is 6.18 Å². The summed E-state index contributed by atoms with van der Waals surface area (Å²) < 4.78 is 38.8. The number of halogens is 3. The summed E-state index contributed by atoms with van der Waals surface area (Å²) in [6, 6.07) is 12.1. The van der Waals surface area contributed by atoms with Gasteiger partial charge in [-0.2, -0.15) is 13.2 Å². The van der Waals surface area contributed by atoms with Gasteiger partial charge in [0, 0.05) is 30.6 Å². The maximum absolute atomic E-state index is 12.9. The van der Waals surface area contributed by atoms with E-state index in [4.69, 9.17) is 0 Å². The average Bonchev–Trinajstić information content (AvgIpc) is 2.65. The molecule has 2 N–H and O–H groups in total. The molecule has 7 heteroatoms. The maximum atomic E-state index is 12.9. The van der Waals surface area contributed by atoms with Crippen LogP contribution in [0.1, 0.15) is 37.5 Å². The zero-order valence-corrected chi connectivity index (χ0v) is 16.4. The second-order valence-corrected chi connectivity index (χ2v) is 7.32. The summed E-state index contributed by atoms with van der Waals surface area (Å²) in [5, 5.41) is 5.37. The summed E-state index contributed by atoms with van der Waals surface area (Å²) in [5.74, 6) is -0.521. The molecular weight excluding hydrogens is 381 g/mol. The van der Waals surface area contributed by atoms with E-state index < -0.39 is 17.2 Å². The highest BCUT2D eigenvalue weighted by atomic mass is 19.4. The van der Waals surface area contributed by atoms with Crippen LogP contribution in [0.2, 0.25) is 0 Å². The van der Waals surface area contributed by atoms with Crippen LogP contribution < -0.4 is 10.6 Å². The molecule has 29 heavy (non-hydrogen) atoms. The smallest absolute Gasteiger partial charge is 0.352 e. The number of carbonyl (C=O) groups is 2. The van der Waals surface area contributed by atoms with Crippen molar-refractivity contribution in [3.8, 4) is 0 Å². The number of amides is 2. The van der Waals surface area contributed by atoms with Gasteiger partial charge in [-0.25, -0.2) is 0 Å². The molecule has 0 fully saturated rings.